The Labute approximate surface area is 154 Å². The number of amides is 1. The molecule has 0 radical (unpaired) electrons. The zero-order chi connectivity index (χ0) is 19.1. The molecule has 0 aliphatic heterocycles. The Morgan fingerprint density at radius 1 is 1.27 bits per heavy atom. The molecule has 2 aromatic rings. The van der Waals surface area contributed by atoms with Crippen LogP contribution in [-0.4, -0.2) is 30.3 Å². The summed E-state index contributed by atoms with van der Waals surface area (Å²) in [5, 5.41) is 15.5. The molecule has 1 N–H and O–H groups in total. The molecule has 0 atom stereocenters. The van der Waals surface area contributed by atoms with Crippen molar-refractivity contribution in [1.82, 2.24) is 5.43 Å². The van der Waals surface area contributed by atoms with Crippen molar-refractivity contribution in [3.05, 3.63) is 63.2 Å². The third-order valence-corrected chi connectivity index (χ3v) is 3.58. The predicted molar refractivity (Wildman–Crippen MR) is 96.9 cm³/mol. The van der Waals surface area contributed by atoms with Crippen molar-refractivity contribution < 1.29 is 19.2 Å². The maximum atomic E-state index is 11.8. The maximum absolute atomic E-state index is 11.8. The van der Waals surface area contributed by atoms with Gasteiger partial charge in [-0.15, -0.1) is 0 Å². The van der Waals surface area contributed by atoms with Gasteiger partial charge < -0.3 is 9.47 Å². The number of hydrogen-bond acceptors (Lipinski definition) is 6. The first-order valence-corrected chi connectivity index (χ1v) is 7.83. The van der Waals surface area contributed by atoms with Crippen LogP contribution in [0.15, 0.2) is 47.6 Å². The minimum Gasteiger partial charge on any atom is -0.490 e. The molecule has 8 nitrogen and oxygen atoms in total. The number of rotatable bonds is 7. The second-order valence-electron chi connectivity index (χ2n) is 5.12. The van der Waals surface area contributed by atoms with Gasteiger partial charge in [0.25, 0.3) is 5.91 Å². The fraction of sp³-hybridized carbons (Fsp3) is 0.176. The van der Waals surface area contributed by atoms with Gasteiger partial charge in [-0.2, -0.15) is 5.10 Å². The van der Waals surface area contributed by atoms with Gasteiger partial charge >= 0.3 is 5.69 Å². The van der Waals surface area contributed by atoms with E-state index in [0.29, 0.717) is 22.0 Å². The topological polar surface area (TPSA) is 103 Å². The number of ether oxygens (including phenoxy) is 2. The Hall–Kier alpha value is -3.13. The quantitative estimate of drug-likeness (QED) is 0.453. The molecule has 0 aliphatic carbocycles. The number of nitro benzene ring substituents is 1. The third-order valence-electron chi connectivity index (χ3n) is 3.33. The average molecular weight is 378 g/mol. The largest absolute Gasteiger partial charge is 0.490 e. The van der Waals surface area contributed by atoms with Gasteiger partial charge in [0.1, 0.15) is 5.75 Å². The number of nitro groups is 1. The summed E-state index contributed by atoms with van der Waals surface area (Å²) in [6.07, 6.45) is 0. The smallest absolute Gasteiger partial charge is 0.311 e. The zero-order valence-electron chi connectivity index (χ0n) is 14.1. The molecule has 2 rings (SSSR count). The minimum atomic E-state index is -0.547. The van der Waals surface area contributed by atoms with E-state index in [1.807, 2.05) is 0 Å². The van der Waals surface area contributed by atoms with Crippen LogP contribution < -0.4 is 14.9 Å². The molecule has 1 amide bonds. The highest BCUT2D eigenvalue weighted by Crippen LogP contribution is 2.27. The summed E-state index contributed by atoms with van der Waals surface area (Å²) in [7, 11) is 1.35. The van der Waals surface area contributed by atoms with E-state index in [1.165, 1.54) is 19.2 Å². The van der Waals surface area contributed by atoms with E-state index in [9.17, 15) is 14.9 Å². The van der Waals surface area contributed by atoms with Crippen molar-refractivity contribution in [3.8, 4) is 11.5 Å². The van der Waals surface area contributed by atoms with E-state index in [2.05, 4.69) is 10.5 Å². The zero-order valence-corrected chi connectivity index (χ0v) is 14.8. The van der Waals surface area contributed by atoms with E-state index in [4.69, 9.17) is 21.1 Å². The monoisotopic (exact) mass is 377 g/mol. The molecule has 0 fully saturated rings. The third kappa shape index (κ3) is 5.18. The highest BCUT2D eigenvalue weighted by molar-refractivity contribution is 6.30. The molecular formula is C17H16ClN3O5. The number of nitrogens with one attached hydrogen (secondary N) is 1. The van der Waals surface area contributed by atoms with Crippen molar-refractivity contribution >= 4 is 28.9 Å². The first kappa shape index (κ1) is 19.2. The van der Waals surface area contributed by atoms with Crippen LogP contribution >= 0.6 is 11.6 Å². The van der Waals surface area contributed by atoms with Gasteiger partial charge in [0, 0.05) is 16.7 Å². The SMILES string of the molecule is COc1ccc(C(C)=NNC(=O)COc2ccc(Cl)cc2)cc1[N+](=O)[O-]. The summed E-state index contributed by atoms with van der Waals surface area (Å²) in [4.78, 5) is 22.3. The van der Waals surface area contributed by atoms with Crippen LogP contribution in [-0.2, 0) is 4.79 Å². The van der Waals surface area contributed by atoms with Crippen LogP contribution in [0.2, 0.25) is 5.02 Å². The number of carbonyl (C=O) groups is 1. The van der Waals surface area contributed by atoms with Gasteiger partial charge in [-0.3, -0.25) is 14.9 Å². The highest BCUT2D eigenvalue weighted by Gasteiger charge is 2.16. The summed E-state index contributed by atoms with van der Waals surface area (Å²) in [6.45, 7) is 1.38. The number of hydrogen-bond donors (Lipinski definition) is 1. The molecule has 0 heterocycles. The first-order valence-electron chi connectivity index (χ1n) is 7.45. The van der Waals surface area contributed by atoms with Crippen molar-refractivity contribution in [3.63, 3.8) is 0 Å². The molecule has 2 aromatic carbocycles. The number of halogens is 1. The van der Waals surface area contributed by atoms with Crippen LogP contribution in [0.1, 0.15) is 12.5 Å². The normalized spacial score (nSPS) is 11.0. The standard InChI is InChI=1S/C17H16ClN3O5/c1-11(12-3-8-16(25-2)15(9-12)21(23)24)19-20-17(22)10-26-14-6-4-13(18)5-7-14/h3-9H,10H2,1-2H3,(H,20,22). The fourth-order valence-corrected chi connectivity index (χ4v) is 2.11. The molecule has 0 spiro atoms. The molecule has 136 valence electrons. The van der Waals surface area contributed by atoms with Gasteiger partial charge in [-0.25, -0.2) is 5.43 Å². The summed E-state index contributed by atoms with van der Waals surface area (Å²) >= 11 is 5.76. The van der Waals surface area contributed by atoms with Gasteiger partial charge in [0.15, 0.2) is 12.4 Å². The molecule has 0 saturated carbocycles. The lowest BCUT2D eigenvalue weighted by Gasteiger charge is -2.07. The fourth-order valence-electron chi connectivity index (χ4n) is 1.98. The van der Waals surface area contributed by atoms with Crippen molar-refractivity contribution in [2.24, 2.45) is 5.10 Å². The van der Waals surface area contributed by atoms with Crippen LogP contribution in [0, 0.1) is 10.1 Å². The van der Waals surface area contributed by atoms with Gasteiger partial charge in [0.2, 0.25) is 0 Å². The number of methoxy groups -OCH3 is 1. The predicted octanol–water partition coefficient (Wildman–Crippen LogP) is 3.18. The van der Waals surface area contributed by atoms with Crippen molar-refractivity contribution in [2.75, 3.05) is 13.7 Å². The maximum Gasteiger partial charge on any atom is 0.311 e. The Morgan fingerprint density at radius 2 is 1.96 bits per heavy atom. The van der Waals surface area contributed by atoms with Gasteiger partial charge in [-0.05, 0) is 43.3 Å². The highest BCUT2D eigenvalue weighted by atomic mass is 35.5. The Balaban J connectivity index is 1.98. The molecule has 0 bridgehead atoms. The van der Waals surface area contributed by atoms with Gasteiger partial charge in [0.05, 0.1) is 17.7 Å². The first-order chi connectivity index (χ1) is 12.4. The number of nitrogens with zero attached hydrogens (tertiary/aromatic N) is 2. The molecule has 0 unspecified atom stereocenters. The van der Waals surface area contributed by atoms with Crippen LogP contribution in [0.5, 0.6) is 11.5 Å². The van der Waals surface area contributed by atoms with Crippen molar-refractivity contribution in [1.29, 1.82) is 0 Å². The van der Waals surface area contributed by atoms with E-state index in [0.717, 1.165) is 0 Å². The lowest BCUT2D eigenvalue weighted by Crippen LogP contribution is -2.25. The lowest BCUT2D eigenvalue weighted by molar-refractivity contribution is -0.385. The summed E-state index contributed by atoms with van der Waals surface area (Å²) < 4.78 is 10.2. The Morgan fingerprint density at radius 3 is 2.58 bits per heavy atom. The number of hydrazone groups is 1. The number of carbonyl (C=O) groups excluding carboxylic acids is 1. The summed E-state index contributed by atoms with van der Waals surface area (Å²) in [6, 6.07) is 11.0. The Bertz CT molecular complexity index is 837. The second kappa shape index (κ2) is 8.82. The van der Waals surface area contributed by atoms with E-state index in [1.54, 1.807) is 37.3 Å². The second-order valence-corrected chi connectivity index (χ2v) is 5.55. The summed E-state index contributed by atoms with van der Waals surface area (Å²) in [5.41, 5.74) is 3.03. The Kier molecular flexibility index (Phi) is 6.51. The molecule has 9 heteroatoms. The lowest BCUT2D eigenvalue weighted by atomic mass is 10.1. The van der Waals surface area contributed by atoms with E-state index >= 15 is 0 Å². The van der Waals surface area contributed by atoms with Gasteiger partial charge in [-0.1, -0.05) is 11.6 Å². The van der Waals surface area contributed by atoms with Crippen molar-refractivity contribution in [2.45, 2.75) is 6.92 Å². The average Bonchev–Trinajstić information content (AvgIpc) is 2.65. The van der Waals surface area contributed by atoms with Crippen LogP contribution in [0.3, 0.4) is 0 Å². The van der Waals surface area contributed by atoms with E-state index < -0.39 is 10.8 Å². The van der Waals surface area contributed by atoms with Crippen LogP contribution in [0.4, 0.5) is 5.69 Å². The minimum absolute atomic E-state index is 0.145. The molecule has 0 aliphatic rings. The molecule has 0 saturated heterocycles. The molecule has 0 aromatic heterocycles. The molecular weight excluding hydrogens is 362 g/mol. The number of benzene rings is 2. The molecule has 26 heavy (non-hydrogen) atoms. The van der Waals surface area contributed by atoms with Crippen LogP contribution in [0.25, 0.3) is 0 Å². The summed E-state index contributed by atoms with van der Waals surface area (Å²) in [5.74, 6) is 0.172. The van der Waals surface area contributed by atoms with E-state index in [-0.39, 0.29) is 18.0 Å².